The Hall–Kier alpha value is -0.120. The molecule has 3 heteroatoms. The van der Waals surface area contributed by atoms with Gasteiger partial charge in [0.05, 0.1) is 6.10 Å². The van der Waals surface area contributed by atoms with Crippen LogP contribution in [0.4, 0.5) is 0 Å². The van der Waals surface area contributed by atoms with Crippen LogP contribution in [0, 0.1) is 5.92 Å². The Kier molecular flexibility index (Phi) is 6.62. The molecule has 1 heterocycles. The summed E-state index contributed by atoms with van der Waals surface area (Å²) in [7, 11) is 0. The topological polar surface area (TPSA) is 24.5 Å². The molecule has 0 aromatic rings. The molecule has 2 aliphatic rings. The molecule has 2 fully saturated rings. The van der Waals surface area contributed by atoms with Gasteiger partial charge in [-0.05, 0) is 38.1 Å². The molecule has 1 aliphatic carbocycles. The average Bonchev–Trinajstić information content (AvgIpc) is 2.90. The Balaban J connectivity index is 1.59. The summed E-state index contributed by atoms with van der Waals surface area (Å²) in [6, 6.07) is 0.769. The summed E-state index contributed by atoms with van der Waals surface area (Å²) in [5, 5.41) is 3.76. The van der Waals surface area contributed by atoms with Gasteiger partial charge >= 0.3 is 0 Å². The van der Waals surface area contributed by atoms with Crippen LogP contribution in [0.5, 0.6) is 0 Å². The standard InChI is InChI=1S/C16H32N2O/c1-3-18(13-16-8-5-11-19-16)10-9-17-15-7-4-6-14(2)12-15/h14-17H,3-13H2,1-2H3. The maximum absolute atomic E-state index is 5.73. The van der Waals surface area contributed by atoms with E-state index >= 15 is 0 Å². The van der Waals surface area contributed by atoms with Crippen LogP contribution in [0.15, 0.2) is 0 Å². The van der Waals surface area contributed by atoms with Crippen LogP contribution in [-0.4, -0.2) is 49.8 Å². The van der Waals surface area contributed by atoms with Crippen molar-refractivity contribution in [2.75, 3.05) is 32.8 Å². The van der Waals surface area contributed by atoms with Crippen molar-refractivity contribution in [1.29, 1.82) is 0 Å². The lowest BCUT2D eigenvalue weighted by molar-refractivity contribution is 0.0747. The minimum Gasteiger partial charge on any atom is -0.377 e. The van der Waals surface area contributed by atoms with Gasteiger partial charge in [-0.15, -0.1) is 0 Å². The number of nitrogens with one attached hydrogen (secondary N) is 1. The Morgan fingerprint density at radius 2 is 2.11 bits per heavy atom. The first-order valence-corrected chi connectivity index (χ1v) is 8.35. The minimum absolute atomic E-state index is 0.495. The summed E-state index contributed by atoms with van der Waals surface area (Å²) in [6.45, 7) is 10.2. The highest BCUT2D eigenvalue weighted by Crippen LogP contribution is 2.23. The van der Waals surface area contributed by atoms with Gasteiger partial charge in [0.25, 0.3) is 0 Å². The lowest BCUT2D eigenvalue weighted by atomic mass is 9.87. The summed E-state index contributed by atoms with van der Waals surface area (Å²) >= 11 is 0. The van der Waals surface area contributed by atoms with Crippen LogP contribution < -0.4 is 5.32 Å². The van der Waals surface area contributed by atoms with Crippen LogP contribution in [-0.2, 0) is 4.74 Å². The molecule has 19 heavy (non-hydrogen) atoms. The van der Waals surface area contributed by atoms with Crippen LogP contribution in [0.3, 0.4) is 0 Å². The molecule has 0 aromatic heterocycles. The van der Waals surface area contributed by atoms with E-state index in [2.05, 4.69) is 24.1 Å². The van der Waals surface area contributed by atoms with Gasteiger partial charge in [0.15, 0.2) is 0 Å². The molecule has 0 amide bonds. The summed E-state index contributed by atoms with van der Waals surface area (Å²) < 4.78 is 5.73. The predicted molar refractivity (Wildman–Crippen MR) is 80.5 cm³/mol. The van der Waals surface area contributed by atoms with E-state index in [1.807, 2.05) is 0 Å². The summed E-state index contributed by atoms with van der Waals surface area (Å²) in [6.07, 6.45) is 8.59. The van der Waals surface area contributed by atoms with E-state index in [0.29, 0.717) is 6.10 Å². The molecule has 0 bridgehead atoms. The first-order valence-electron chi connectivity index (χ1n) is 8.35. The summed E-state index contributed by atoms with van der Waals surface area (Å²) in [5.41, 5.74) is 0. The van der Waals surface area contributed by atoms with Crippen molar-refractivity contribution in [3.63, 3.8) is 0 Å². The third kappa shape index (κ3) is 5.41. The number of likely N-dealkylation sites (N-methyl/N-ethyl adjacent to an activating group) is 1. The number of hydrogen-bond donors (Lipinski definition) is 1. The Morgan fingerprint density at radius 1 is 1.21 bits per heavy atom. The zero-order valence-electron chi connectivity index (χ0n) is 12.9. The smallest absolute Gasteiger partial charge is 0.0702 e. The van der Waals surface area contributed by atoms with Crippen LogP contribution in [0.25, 0.3) is 0 Å². The van der Waals surface area contributed by atoms with Crippen molar-refractivity contribution in [2.45, 2.75) is 64.5 Å². The van der Waals surface area contributed by atoms with Crippen molar-refractivity contribution < 1.29 is 4.74 Å². The minimum atomic E-state index is 0.495. The summed E-state index contributed by atoms with van der Waals surface area (Å²) in [5.74, 6) is 0.917. The molecule has 3 nitrogen and oxygen atoms in total. The SMILES string of the molecule is CCN(CCNC1CCCC(C)C1)CC1CCCO1. The molecule has 1 saturated carbocycles. The fraction of sp³-hybridized carbons (Fsp3) is 1.00. The maximum Gasteiger partial charge on any atom is 0.0702 e. The van der Waals surface area contributed by atoms with Crippen LogP contribution >= 0.6 is 0 Å². The Labute approximate surface area is 119 Å². The predicted octanol–water partition coefficient (Wildman–Crippen LogP) is 2.66. The number of hydrogen-bond acceptors (Lipinski definition) is 3. The molecule has 2 rings (SSSR count). The van der Waals surface area contributed by atoms with Gasteiger partial charge in [-0.25, -0.2) is 0 Å². The lowest BCUT2D eigenvalue weighted by Gasteiger charge is -2.29. The highest BCUT2D eigenvalue weighted by atomic mass is 16.5. The van der Waals surface area contributed by atoms with Gasteiger partial charge in [0, 0.05) is 32.3 Å². The Morgan fingerprint density at radius 3 is 2.79 bits per heavy atom. The molecule has 0 radical (unpaired) electrons. The van der Waals surface area contributed by atoms with E-state index < -0.39 is 0 Å². The maximum atomic E-state index is 5.73. The monoisotopic (exact) mass is 268 g/mol. The zero-order chi connectivity index (χ0) is 13.5. The van der Waals surface area contributed by atoms with Gasteiger partial charge in [0.2, 0.25) is 0 Å². The van der Waals surface area contributed by atoms with Crippen molar-refractivity contribution in [3.05, 3.63) is 0 Å². The molecule has 1 saturated heterocycles. The fourth-order valence-corrected chi connectivity index (χ4v) is 3.50. The molecule has 0 spiro atoms. The second-order valence-electron chi connectivity index (χ2n) is 6.45. The molecular formula is C16H32N2O. The third-order valence-electron chi connectivity index (χ3n) is 4.73. The quantitative estimate of drug-likeness (QED) is 0.768. The molecule has 1 N–H and O–H groups in total. The molecule has 1 aliphatic heterocycles. The number of rotatable bonds is 7. The number of ether oxygens (including phenoxy) is 1. The normalized spacial score (nSPS) is 32.1. The van der Waals surface area contributed by atoms with Gasteiger partial charge < -0.3 is 10.1 Å². The van der Waals surface area contributed by atoms with Gasteiger partial charge in [0.1, 0.15) is 0 Å². The Bertz CT molecular complexity index is 241. The first-order chi connectivity index (χ1) is 9.28. The van der Waals surface area contributed by atoms with Crippen molar-refractivity contribution in [2.24, 2.45) is 5.92 Å². The van der Waals surface area contributed by atoms with E-state index in [1.165, 1.54) is 45.1 Å². The third-order valence-corrected chi connectivity index (χ3v) is 4.73. The molecule has 3 unspecified atom stereocenters. The average molecular weight is 268 g/mol. The zero-order valence-corrected chi connectivity index (χ0v) is 12.9. The molecular weight excluding hydrogens is 236 g/mol. The van der Waals surface area contributed by atoms with E-state index in [4.69, 9.17) is 4.74 Å². The van der Waals surface area contributed by atoms with E-state index in [-0.39, 0.29) is 0 Å². The first kappa shape index (κ1) is 15.3. The van der Waals surface area contributed by atoms with Crippen molar-refractivity contribution in [1.82, 2.24) is 10.2 Å². The van der Waals surface area contributed by atoms with E-state index in [9.17, 15) is 0 Å². The molecule has 3 atom stereocenters. The van der Waals surface area contributed by atoms with Gasteiger partial charge in [-0.1, -0.05) is 26.7 Å². The van der Waals surface area contributed by atoms with Gasteiger partial charge in [-0.2, -0.15) is 0 Å². The largest absolute Gasteiger partial charge is 0.377 e. The van der Waals surface area contributed by atoms with Gasteiger partial charge in [-0.3, -0.25) is 4.90 Å². The highest BCUT2D eigenvalue weighted by molar-refractivity contribution is 4.77. The highest BCUT2D eigenvalue weighted by Gasteiger charge is 2.20. The lowest BCUT2D eigenvalue weighted by Crippen LogP contribution is -2.41. The van der Waals surface area contributed by atoms with Crippen LogP contribution in [0.1, 0.15) is 52.4 Å². The van der Waals surface area contributed by atoms with E-state index in [0.717, 1.165) is 38.2 Å². The van der Waals surface area contributed by atoms with Crippen LogP contribution in [0.2, 0.25) is 0 Å². The fourth-order valence-electron chi connectivity index (χ4n) is 3.50. The van der Waals surface area contributed by atoms with E-state index in [1.54, 1.807) is 0 Å². The van der Waals surface area contributed by atoms with Crippen molar-refractivity contribution >= 4 is 0 Å². The second kappa shape index (κ2) is 8.23. The van der Waals surface area contributed by atoms with Crippen molar-refractivity contribution in [3.8, 4) is 0 Å². The summed E-state index contributed by atoms with van der Waals surface area (Å²) in [4.78, 5) is 2.54. The molecule has 112 valence electrons. The molecule has 0 aromatic carbocycles. The second-order valence-corrected chi connectivity index (χ2v) is 6.45. The number of nitrogens with zero attached hydrogens (tertiary/aromatic N) is 1.